The van der Waals surface area contributed by atoms with Crippen LogP contribution in [0.5, 0.6) is 0 Å². The van der Waals surface area contributed by atoms with Crippen molar-refractivity contribution in [2.24, 2.45) is 0 Å². The maximum Gasteiger partial charge on any atom is 0.326 e. The Morgan fingerprint density at radius 3 is 2.44 bits per heavy atom. The molecule has 0 radical (unpaired) electrons. The van der Waals surface area contributed by atoms with E-state index in [2.05, 4.69) is 5.32 Å². The lowest BCUT2D eigenvalue weighted by Gasteiger charge is -2.32. The molecule has 1 aromatic carbocycles. The third-order valence-corrected chi connectivity index (χ3v) is 6.09. The molecule has 4 atom stereocenters. The van der Waals surface area contributed by atoms with Crippen LogP contribution in [0.25, 0.3) is 0 Å². The fraction of sp³-hybridized carbons (Fsp3) is 0.389. The molecule has 0 spiro atoms. The Bertz CT molecular complexity index is 780. The van der Waals surface area contributed by atoms with Gasteiger partial charge in [0, 0.05) is 16.7 Å². The van der Waals surface area contributed by atoms with Gasteiger partial charge in [0.1, 0.15) is 11.6 Å². The second kappa shape index (κ2) is 6.24. The van der Waals surface area contributed by atoms with Crippen LogP contribution in [0, 0.1) is 10.1 Å². The summed E-state index contributed by atoms with van der Waals surface area (Å²) in [6.07, 6.45) is 0. The molecule has 0 saturated carbocycles. The van der Waals surface area contributed by atoms with E-state index in [1.165, 1.54) is 18.4 Å². The molecule has 1 aliphatic heterocycles. The highest BCUT2D eigenvalue weighted by Gasteiger charge is 2.69. The van der Waals surface area contributed by atoms with Gasteiger partial charge in [-0.1, -0.05) is 36.4 Å². The van der Waals surface area contributed by atoms with Crippen LogP contribution in [0.2, 0.25) is 0 Å². The molecular weight excluding hydrogens is 340 g/mol. The quantitative estimate of drug-likeness (QED) is 0.515. The lowest BCUT2D eigenvalue weighted by atomic mass is 9.71. The first-order valence-electron chi connectivity index (χ1n) is 7.94. The summed E-state index contributed by atoms with van der Waals surface area (Å²) < 4.78 is 5.01. The lowest BCUT2D eigenvalue weighted by molar-refractivity contribution is -0.571. The Hall–Kier alpha value is -2.25. The molecule has 25 heavy (non-hydrogen) atoms. The average Bonchev–Trinajstić information content (AvgIpc) is 3.21. The zero-order valence-corrected chi connectivity index (χ0v) is 15.1. The number of ether oxygens (including phenoxy) is 1. The zero-order valence-electron chi connectivity index (χ0n) is 14.3. The molecule has 1 fully saturated rings. The van der Waals surface area contributed by atoms with E-state index in [1.807, 2.05) is 47.8 Å². The molecule has 1 aliphatic rings. The Kier molecular flexibility index (Phi) is 4.38. The minimum absolute atomic E-state index is 0.268. The molecular formula is C18H20N2O4S. The molecule has 2 aromatic rings. The molecule has 0 amide bonds. The SMILES string of the molecule is COC(=O)[C@@]1(C)N[C@@H](c2cccs2)[C@@](C)([N+](=O)[O-])[C@@H]1c1ccccc1. The van der Waals surface area contributed by atoms with Crippen LogP contribution in [0.1, 0.15) is 36.2 Å². The van der Waals surface area contributed by atoms with Crippen LogP contribution in [0.15, 0.2) is 47.8 Å². The van der Waals surface area contributed by atoms with E-state index in [1.54, 1.807) is 13.8 Å². The minimum Gasteiger partial charge on any atom is -0.468 e. The van der Waals surface area contributed by atoms with E-state index in [4.69, 9.17) is 4.74 Å². The van der Waals surface area contributed by atoms with Crippen molar-refractivity contribution in [3.63, 3.8) is 0 Å². The Morgan fingerprint density at radius 2 is 1.92 bits per heavy atom. The molecule has 0 aliphatic carbocycles. The molecule has 0 unspecified atom stereocenters. The number of benzene rings is 1. The van der Waals surface area contributed by atoms with Crippen molar-refractivity contribution in [2.45, 2.75) is 36.9 Å². The van der Waals surface area contributed by atoms with Gasteiger partial charge in [0.2, 0.25) is 5.54 Å². The third-order valence-electron chi connectivity index (χ3n) is 5.15. The van der Waals surface area contributed by atoms with Gasteiger partial charge in [0.05, 0.1) is 13.0 Å². The molecule has 1 N–H and O–H groups in total. The standard InChI is InChI=1S/C18H20N2O4S/c1-17(16(21)24-3)14(12-8-5-4-6-9-12)18(2,20(22)23)15(19-17)13-10-7-11-25-13/h4-11,14-15,19H,1-3H3/t14-,15+,17+,18+/m1/s1. The molecule has 7 heteroatoms. The predicted molar refractivity (Wildman–Crippen MR) is 95.2 cm³/mol. The summed E-state index contributed by atoms with van der Waals surface area (Å²) in [4.78, 5) is 25.4. The molecule has 3 rings (SSSR count). The largest absolute Gasteiger partial charge is 0.468 e. The van der Waals surface area contributed by atoms with E-state index in [0.29, 0.717) is 0 Å². The molecule has 6 nitrogen and oxygen atoms in total. The number of carbonyl (C=O) groups excluding carboxylic acids is 1. The molecule has 0 bridgehead atoms. The van der Waals surface area contributed by atoms with Gasteiger partial charge >= 0.3 is 5.97 Å². The summed E-state index contributed by atoms with van der Waals surface area (Å²) in [7, 11) is 1.30. The third kappa shape index (κ3) is 2.54. The van der Waals surface area contributed by atoms with Crippen molar-refractivity contribution in [3.05, 3.63) is 68.4 Å². The summed E-state index contributed by atoms with van der Waals surface area (Å²) >= 11 is 1.44. The van der Waals surface area contributed by atoms with Gasteiger partial charge in [-0.3, -0.25) is 20.2 Å². The zero-order chi connectivity index (χ0) is 18.2. The molecule has 132 valence electrons. The molecule has 1 saturated heterocycles. The van der Waals surface area contributed by atoms with E-state index in [9.17, 15) is 14.9 Å². The highest BCUT2D eigenvalue weighted by atomic mass is 32.1. The van der Waals surface area contributed by atoms with Crippen LogP contribution in [-0.2, 0) is 9.53 Å². The van der Waals surface area contributed by atoms with Crippen molar-refractivity contribution >= 4 is 17.3 Å². The Morgan fingerprint density at radius 1 is 1.24 bits per heavy atom. The number of nitro groups is 1. The van der Waals surface area contributed by atoms with Crippen LogP contribution >= 0.6 is 11.3 Å². The normalized spacial score (nSPS) is 31.6. The predicted octanol–water partition coefficient (Wildman–Crippen LogP) is 3.14. The number of thiophene rings is 1. The number of methoxy groups -OCH3 is 1. The van der Waals surface area contributed by atoms with Crippen molar-refractivity contribution in [1.82, 2.24) is 5.32 Å². The fourth-order valence-corrected chi connectivity index (χ4v) is 4.92. The maximum absolute atomic E-state index is 12.6. The van der Waals surface area contributed by atoms with Crippen molar-refractivity contribution < 1.29 is 14.5 Å². The van der Waals surface area contributed by atoms with E-state index in [-0.39, 0.29) is 4.92 Å². The van der Waals surface area contributed by atoms with E-state index < -0.39 is 29.0 Å². The van der Waals surface area contributed by atoms with E-state index >= 15 is 0 Å². The number of hydrogen-bond acceptors (Lipinski definition) is 6. The van der Waals surface area contributed by atoms with Gasteiger partial charge < -0.3 is 4.74 Å². The summed E-state index contributed by atoms with van der Waals surface area (Å²) in [5, 5.41) is 17.3. The number of nitrogens with zero attached hydrogens (tertiary/aromatic N) is 1. The maximum atomic E-state index is 12.6. The van der Waals surface area contributed by atoms with Crippen LogP contribution in [-0.4, -0.2) is 29.1 Å². The summed E-state index contributed by atoms with van der Waals surface area (Å²) in [6, 6.07) is 12.3. The van der Waals surface area contributed by atoms with Crippen LogP contribution in [0.4, 0.5) is 0 Å². The number of esters is 1. The second-order valence-electron chi connectivity index (χ2n) is 6.61. The van der Waals surface area contributed by atoms with Crippen molar-refractivity contribution in [2.75, 3.05) is 7.11 Å². The first-order valence-corrected chi connectivity index (χ1v) is 8.82. The Labute approximate surface area is 150 Å². The molecule has 2 heterocycles. The van der Waals surface area contributed by atoms with Crippen molar-refractivity contribution in [3.8, 4) is 0 Å². The first-order chi connectivity index (χ1) is 11.9. The number of rotatable bonds is 4. The van der Waals surface area contributed by atoms with Crippen LogP contribution in [0.3, 0.4) is 0 Å². The average molecular weight is 360 g/mol. The first kappa shape index (κ1) is 17.6. The van der Waals surface area contributed by atoms with Gasteiger partial charge in [-0.05, 0) is 23.9 Å². The topological polar surface area (TPSA) is 81.5 Å². The van der Waals surface area contributed by atoms with Gasteiger partial charge in [-0.2, -0.15) is 0 Å². The number of carbonyl (C=O) groups is 1. The number of nitrogens with one attached hydrogen (secondary N) is 1. The summed E-state index contributed by atoms with van der Waals surface area (Å²) in [5.41, 5.74) is -1.89. The second-order valence-corrected chi connectivity index (χ2v) is 7.59. The molecule has 1 aromatic heterocycles. The summed E-state index contributed by atoms with van der Waals surface area (Å²) in [5.74, 6) is -1.19. The highest BCUT2D eigenvalue weighted by Crippen LogP contribution is 2.53. The van der Waals surface area contributed by atoms with Gasteiger partial charge in [-0.25, -0.2) is 0 Å². The van der Waals surface area contributed by atoms with Crippen LogP contribution < -0.4 is 5.32 Å². The van der Waals surface area contributed by atoms with Crippen molar-refractivity contribution in [1.29, 1.82) is 0 Å². The summed E-state index contributed by atoms with van der Waals surface area (Å²) in [6.45, 7) is 3.29. The van der Waals surface area contributed by atoms with E-state index in [0.717, 1.165) is 10.4 Å². The number of hydrogen-bond donors (Lipinski definition) is 1. The van der Waals surface area contributed by atoms with Gasteiger partial charge in [-0.15, -0.1) is 11.3 Å². The highest BCUT2D eigenvalue weighted by molar-refractivity contribution is 7.10. The fourth-order valence-electron chi connectivity index (χ4n) is 4.01. The smallest absolute Gasteiger partial charge is 0.326 e. The monoisotopic (exact) mass is 360 g/mol. The minimum atomic E-state index is -1.41. The Balaban J connectivity index is 2.24. The lowest BCUT2D eigenvalue weighted by Crippen LogP contribution is -2.51. The van der Waals surface area contributed by atoms with Gasteiger partial charge in [0.25, 0.3) is 0 Å². The van der Waals surface area contributed by atoms with Gasteiger partial charge in [0.15, 0.2) is 0 Å².